The minimum Gasteiger partial charge on any atom is -0.468 e. The van der Waals surface area contributed by atoms with Gasteiger partial charge < -0.3 is 19.5 Å². The van der Waals surface area contributed by atoms with Crippen molar-refractivity contribution in [1.29, 1.82) is 0 Å². The van der Waals surface area contributed by atoms with Gasteiger partial charge in [-0.25, -0.2) is 0 Å². The summed E-state index contributed by atoms with van der Waals surface area (Å²) in [4.78, 5) is 34.6. The van der Waals surface area contributed by atoms with Gasteiger partial charge in [0.1, 0.15) is 18.4 Å². The number of hydrogen-bond donors (Lipinski definition) is 1. The third-order valence-corrected chi connectivity index (χ3v) is 3.58. The highest BCUT2D eigenvalue weighted by molar-refractivity contribution is 5.76. The molecule has 144 valence electrons. The van der Waals surface area contributed by atoms with E-state index in [0.29, 0.717) is 25.1 Å². The van der Waals surface area contributed by atoms with E-state index in [9.17, 15) is 14.4 Å². The minimum absolute atomic E-state index is 0.185. The molecule has 0 heterocycles. The molecule has 0 amide bonds. The summed E-state index contributed by atoms with van der Waals surface area (Å²) in [5.41, 5.74) is 0.878. The third kappa shape index (κ3) is 7.65. The second kappa shape index (κ2) is 11.3. The largest absolute Gasteiger partial charge is 0.468 e. The van der Waals surface area contributed by atoms with Crippen LogP contribution >= 0.6 is 0 Å². The van der Waals surface area contributed by atoms with Gasteiger partial charge in [0.25, 0.3) is 0 Å². The summed E-state index contributed by atoms with van der Waals surface area (Å²) in [5.74, 6) is -0.727. The predicted molar refractivity (Wildman–Crippen MR) is 95.7 cm³/mol. The van der Waals surface area contributed by atoms with Crippen LogP contribution < -0.4 is 10.1 Å². The quantitative estimate of drug-likeness (QED) is 0.384. The Morgan fingerprint density at radius 3 is 2.27 bits per heavy atom. The van der Waals surface area contributed by atoms with Crippen molar-refractivity contribution < 1.29 is 28.6 Å². The smallest absolute Gasteiger partial charge is 0.323 e. The van der Waals surface area contributed by atoms with Crippen LogP contribution in [0.3, 0.4) is 0 Å². The Hall–Kier alpha value is -2.41. The van der Waals surface area contributed by atoms with Crippen LogP contribution in [0.2, 0.25) is 0 Å². The second-order valence-corrected chi connectivity index (χ2v) is 6.03. The van der Waals surface area contributed by atoms with Gasteiger partial charge in [-0.05, 0) is 24.1 Å². The molecule has 0 aromatic heterocycles. The van der Waals surface area contributed by atoms with Gasteiger partial charge >= 0.3 is 17.9 Å². The van der Waals surface area contributed by atoms with Crippen LogP contribution in [0, 0.1) is 5.92 Å². The van der Waals surface area contributed by atoms with E-state index in [1.54, 1.807) is 45.0 Å². The normalized spacial score (nSPS) is 11.7. The van der Waals surface area contributed by atoms with E-state index in [0.717, 1.165) is 5.56 Å². The number of carbonyl (C=O) groups excluding carboxylic acids is 3. The van der Waals surface area contributed by atoms with Crippen molar-refractivity contribution in [2.24, 2.45) is 5.92 Å². The Balaban J connectivity index is 2.60. The van der Waals surface area contributed by atoms with Crippen LogP contribution in [-0.2, 0) is 30.3 Å². The molecule has 7 nitrogen and oxygen atoms in total. The predicted octanol–water partition coefficient (Wildman–Crippen LogP) is 1.87. The molecule has 0 bridgehead atoms. The first-order valence-corrected chi connectivity index (χ1v) is 8.64. The summed E-state index contributed by atoms with van der Waals surface area (Å²) in [6, 6.07) is 6.39. The molecule has 0 aliphatic carbocycles. The van der Waals surface area contributed by atoms with Crippen LogP contribution in [0.5, 0.6) is 5.75 Å². The molecule has 26 heavy (non-hydrogen) atoms. The van der Waals surface area contributed by atoms with Gasteiger partial charge in [-0.15, -0.1) is 0 Å². The molecule has 0 saturated carbocycles. The number of methoxy groups -OCH3 is 1. The summed E-state index contributed by atoms with van der Waals surface area (Å²) >= 11 is 0. The molecule has 0 radical (unpaired) electrons. The van der Waals surface area contributed by atoms with Crippen molar-refractivity contribution in [2.75, 3.05) is 20.3 Å². The number of esters is 3. The molecule has 1 aromatic carbocycles. The van der Waals surface area contributed by atoms with E-state index >= 15 is 0 Å². The molecule has 0 fully saturated rings. The first-order chi connectivity index (χ1) is 12.4. The van der Waals surface area contributed by atoms with Crippen LogP contribution in [-0.4, -0.2) is 44.2 Å². The fourth-order valence-electron chi connectivity index (χ4n) is 2.04. The van der Waals surface area contributed by atoms with E-state index in [1.807, 2.05) is 0 Å². The molecule has 0 spiro atoms. The number of benzene rings is 1. The molecular weight excluding hydrogens is 338 g/mol. The highest BCUT2D eigenvalue weighted by atomic mass is 16.5. The maximum atomic E-state index is 11.9. The van der Waals surface area contributed by atoms with Gasteiger partial charge in [-0.1, -0.05) is 32.9 Å². The van der Waals surface area contributed by atoms with Crippen LogP contribution in [0.25, 0.3) is 0 Å². The minimum atomic E-state index is -0.565. The molecule has 1 N–H and O–H groups in total. The highest BCUT2D eigenvalue weighted by Gasteiger charge is 2.19. The van der Waals surface area contributed by atoms with Gasteiger partial charge in [-0.3, -0.25) is 14.4 Å². The second-order valence-electron chi connectivity index (χ2n) is 6.03. The maximum absolute atomic E-state index is 11.9. The summed E-state index contributed by atoms with van der Waals surface area (Å²) < 4.78 is 15.0. The molecule has 0 unspecified atom stereocenters. The summed E-state index contributed by atoms with van der Waals surface area (Å²) in [7, 11) is 1.32. The lowest BCUT2D eigenvalue weighted by atomic mass is 10.1. The number of nitrogens with one attached hydrogen (secondary N) is 1. The number of ether oxygens (including phenoxy) is 3. The van der Waals surface area contributed by atoms with Crippen molar-refractivity contribution in [3.05, 3.63) is 29.8 Å². The van der Waals surface area contributed by atoms with Gasteiger partial charge in [0.2, 0.25) is 0 Å². The fourth-order valence-corrected chi connectivity index (χ4v) is 2.04. The van der Waals surface area contributed by atoms with Gasteiger partial charge in [-0.2, -0.15) is 0 Å². The van der Waals surface area contributed by atoms with Crippen LogP contribution in [0.4, 0.5) is 0 Å². The van der Waals surface area contributed by atoms with Crippen LogP contribution in [0.1, 0.15) is 32.8 Å². The topological polar surface area (TPSA) is 90.9 Å². The Bertz CT molecular complexity index is 597. The molecule has 0 aliphatic heterocycles. The van der Waals surface area contributed by atoms with E-state index in [-0.39, 0.29) is 24.5 Å². The summed E-state index contributed by atoms with van der Waals surface area (Å²) in [6.07, 6.45) is 0.709. The third-order valence-electron chi connectivity index (χ3n) is 3.58. The average molecular weight is 365 g/mol. The van der Waals surface area contributed by atoms with Crippen molar-refractivity contribution in [3.63, 3.8) is 0 Å². The van der Waals surface area contributed by atoms with Crippen molar-refractivity contribution >= 4 is 17.9 Å². The van der Waals surface area contributed by atoms with Crippen molar-refractivity contribution in [3.8, 4) is 5.75 Å². The van der Waals surface area contributed by atoms with Crippen molar-refractivity contribution in [1.82, 2.24) is 5.32 Å². The van der Waals surface area contributed by atoms with E-state index in [1.165, 1.54) is 7.11 Å². The Morgan fingerprint density at radius 1 is 1.08 bits per heavy atom. The molecule has 1 rings (SSSR count). The zero-order chi connectivity index (χ0) is 19.5. The van der Waals surface area contributed by atoms with Gasteiger partial charge in [0.15, 0.2) is 0 Å². The maximum Gasteiger partial charge on any atom is 0.323 e. The van der Waals surface area contributed by atoms with Gasteiger partial charge in [0, 0.05) is 13.0 Å². The first kappa shape index (κ1) is 21.6. The lowest BCUT2D eigenvalue weighted by molar-refractivity contribution is -0.144. The first-order valence-electron chi connectivity index (χ1n) is 8.64. The Kier molecular flexibility index (Phi) is 9.36. The number of rotatable bonds is 10. The SMILES string of the molecule is CCC(=O)OCCN[C@@H](Cc1ccc(OC(=O)C(C)C)cc1)C(=O)OC. The Labute approximate surface area is 154 Å². The molecule has 0 saturated heterocycles. The zero-order valence-electron chi connectivity index (χ0n) is 15.7. The molecule has 7 heteroatoms. The standard InChI is InChI=1S/C19H27NO6/c1-5-17(21)25-11-10-20-16(19(23)24-4)12-14-6-8-15(9-7-14)26-18(22)13(2)3/h6-9,13,16,20H,5,10-12H2,1-4H3/t16-/m0/s1. The summed E-state index contributed by atoms with van der Waals surface area (Å²) in [6.45, 7) is 5.78. The van der Waals surface area contributed by atoms with Crippen LogP contribution in [0.15, 0.2) is 24.3 Å². The number of hydrogen-bond acceptors (Lipinski definition) is 7. The van der Waals surface area contributed by atoms with E-state index in [2.05, 4.69) is 5.32 Å². The number of carbonyl (C=O) groups is 3. The highest BCUT2D eigenvalue weighted by Crippen LogP contribution is 2.15. The van der Waals surface area contributed by atoms with E-state index in [4.69, 9.17) is 14.2 Å². The zero-order valence-corrected chi connectivity index (χ0v) is 15.7. The fraction of sp³-hybridized carbons (Fsp3) is 0.526. The average Bonchev–Trinajstić information content (AvgIpc) is 2.64. The lowest BCUT2D eigenvalue weighted by Crippen LogP contribution is -2.41. The molecule has 0 aliphatic rings. The lowest BCUT2D eigenvalue weighted by Gasteiger charge is -2.17. The van der Waals surface area contributed by atoms with E-state index < -0.39 is 12.0 Å². The Morgan fingerprint density at radius 2 is 1.73 bits per heavy atom. The molecule has 1 atom stereocenters. The molecule has 1 aromatic rings. The van der Waals surface area contributed by atoms with Gasteiger partial charge in [0.05, 0.1) is 13.0 Å². The van der Waals surface area contributed by atoms with Crippen molar-refractivity contribution in [2.45, 2.75) is 39.7 Å². The summed E-state index contributed by atoms with van der Waals surface area (Å²) in [5, 5.41) is 3.02. The monoisotopic (exact) mass is 365 g/mol. The molecular formula is C19H27NO6.